The minimum atomic E-state index is -2.23. The van der Waals surface area contributed by atoms with E-state index in [1.54, 1.807) is 0 Å². The van der Waals surface area contributed by atoms with E-state index in [0.29, 0.717) is 0 Å². The van der Waals surface area contributed by atoms with Gasteiger partial charge in [-0.15, -0.1) is 0 Å². The maximum Gasteiger partial charge on any atom is 0.255 e. The molecule has 0 N–H and O–H groups in total. The van der Waals surface area contributed by atoms with Crippen molar-refractivity contribution < 1.29 is 4.43 Å². The van der Waals surface area contributed by atoms with Gasteiger partial charge in [0.15, 0.2) is 0 Å². The Morgan fingerprint density at radius 1 is 0.808 bits per heavy atom. The molecule has 0 atom stereocenters. The van der Waals surface area contributed by atoms with Crippen LogP contribution in [0.3, 0.4) is 0 Å². The second-order valence-electron chi connectivity index (χ2n) is 7.05. The van der Waals surface area contributed by atoms with Crippen LogP contribution in [0.4, 0.5) is 0 Å². The highest BCUT2D eigenvalue weighted by molar-refractivity contribution is 6.97. The van der Waals surface area contributed by atoms with Crippen LogP contribution in [0.25, 0.3) is 0 Å². The van der Waals surface area contributed by atoms with E-state index in [4.69, 9.17) is 4.43 Å². The standard InChI is InChI=1S/C24H34OSi/c1-4-6-7-10-15-22(3)20-21-26(25-5-2,23-16-11-8-12-17-23)24-18-13-9-14-19-24/h8-9,11-14,16-19H,3-7,10,15,20-21H2,1-2H3. The van der Waals surface area contributed by atoms with Crippen LogP contribution < -0.4 is 10.4 Å². The van der Waals surface area contributed by atoms with Crippen LogP contribution in [0.15, 0.2) is 72.8 Å². The summed E-state index contributed by atoms with van der Waals surface area (Å²) in [5.41, 5.74) is 1.38. The molecule has 0 fully saturated rings. The van der Waals surface area contributed by atoms with Crippen molar-refractivity contribution in [3.63, 3.8) is 0 Å². The molecule has 0 unspecified atom stereocenters. The predicted octanol–water partition coefficient (Wildman–Crippen LogP) is 5.70. The van der Waals surface area contributed by atoms with Crippen LogP contribution >= 0.6 is 0 Å². The van der Waals surface area contributed by atoms with Gasteiger partial charge in [-0.2, -0.15) is 0 Å². The fourth-order valence-corrected chi connectivity index (χ4v) is 7.68. The summed E-state index contributed by atoms with van der Waals surface area (Å²) < 4.78 is 6.59. The lowest BCUT2D eigenvalue weighted by atomic mass is 10.1. The van der Waals surface area contributed by atoms with Crippen LogP contribution in [-0.2, 0) is 4.43 Å². The van der Waals surface area contributed by atoms with Gasteiger partial charge in [0.25, 0.3) is 8.32 Å². The van der Waals surface area contributed by atoms with Gasteiger partial charge in [0.1, 0.15) is 0 Å². The quantitative estimate of drug-likeness (QED) is 0.266. The summed E-state index contributed by atoms with van der Waals surface area (Å²) in [4.78, 5) is 0. The van der Waals surface area contributed by atoms with Gasteiger partial charge in [0, 0.05) is 6.61 Å². The first-order valence-electron chi connectivity index (χ1n) is 10.1. The maximum absolute atomic E-state index is 6.59. The van der Waals surface area contributed by atoms with E-state index >= 15 is 0 Å². The molecule has 0 aliphatic heterocycles. The largest absolute Gasteiger partial charge is 0.408 e. The number of allylic oxidation sites excluding steroid dienone is 1. The van der Waals surface area contributed by atoms with Crippen molar-refractivity contribution in [2.24, 2.45) is 0 Å². The van der Waals surface area contributed by atoms with Crippen molar-refractivity contribution in [1.29, 1.82) is 0 Å². The Hall–Kier alpha value is -1.64. The summed E-state index contributed by atoms with van der Waals surface area (Å²) >= 11 is 0. The first-order chi connectivity index (χ1) is 12.7. The molecule has 0 amide bonds. The van der Waals surface area contributed by atoms with Crippen LogP contribution in [-0.4, -0.2) is 14.9 Å². The Morgan fingerprint density at radius 2 is 1.38 bits per heavy atom. The molecular weight excluding hydrogens is 332 g/mol. The zero-order chi connectivity index (χ0) is 18.7. The van der Waals surface area contributed by atoms with Gasteiger partial charge >= 0.3 is 0 Å². The summed E-state index contributed by atoms with van der Waals surface area (Å²) in [6, 6.07) is 22.8. The molecule has 0 bridgehead atoms. The summed E-state index contributed by atoms with van der Waals surface area (Å²) in [6.45, 7) is 9.50. The van der Waals surface area contributed by atoms with Crippen molar-refractivity contribution in [2.45, 2.75) is 58.4 Å². The fraction of sp³-hybridized carbons (Fsp3) is 0.417. The molecule has 2 rings (SSSR count). The summed E-state index contributed by atoms with van der Waals surface area (Å²) in [5, 5.41) is 2.73. The van der Waals surface area contributed by atoms with E-state index in [1.165, 1.54) is 41.6 Å². The summed E-state index contributed by atoms with van der Waals surface area (Å²) in [5.74, 6) is 0. The highest BCUT2D eigenvalue weighted by Crippen LogP contribution is 2.21. The molecule has 140 valence electrons. The third-order valence-corrected chi connectivity index (χ3v) is 9.35. The molecule has 0 radical (unpaired) electrons. The zero-order valence-electron chi connectivity index (χ0n) is 16.5. The van der Waals surface area contributed by atoms with Crippen LogP contribution in [0.2, 0.25) is 6.04 Å². The molecule has 0 aliphatic rings. The average molecular weight is 367 g/mol. The minimum absolute atomic E-state index is 0.749. The number of benzene rings is 2. The Kier molecular flexibility index (Phi) is 8.86. The molecule has 0 heterocycles. The minimum Gasteiger partial charge on any atom is -0.408 e. The maximum atomic E-state index is 6.59. The highest BCUT2D eigenvalue weighted by atomic mass is 28.4. The highest BCUT2D eigenvalue weighted by Gasteiger charge is 2.38. The van der Waals surface area contributed by atoms with Gasteiger partial charge in [-0.3, -0.25) is 0 Å². The normalized spacial score (nSPS) is 11.5. The molecule has 2 aromatic carbocycles. The zero-order valence-corrected chi connectivity index (χ0v) is 17.5. The first kappa shape index (κ1) is 20.7. The molecule has 2 heteroatoms. The van der Waals surface area contributed by atoms with E-state index in [1.807, 2.05) is 0 Å². The Bertz CT molecular complexity index is 596. The Balaban J connectivity index is 2.19. The van der Waals surface area contributed by atoms with Crippen molar-refractivity contribution >= 4 is 18.7 Å². The third-order valence-electron chi connectivity index (χ3n) is 5.09. The molecule has 0 aliphatic carbocycles. The summed E-state index contributed by atoms with van der Waals surface area (Å²) in [6.07, 6.45) is 7.42. The number of hydrogen-bond acceptors (Lipinski definition) is 1. The lowest BCUT2D eigenvalue weighted by Crippen LogP contribution is -2.60. The summed E-state index contributed by atoms with van der Waals surface area (Å²) in [7, 11) is -2.23. The smallest absolute Gasteiger partial charge is 0.255 e. The molecule has 0 saturated heterocycles. The molecule has 2 aromatic rings. The molecule has 0 spiro atoms. The Morgan fingerprint density at radius 3 is 1.88 bits per heavy atom. The Labute approximate surface area is 161 Å². The SMILES string of the molecule is C=C(CCCCCC)CC[Si](OCC)(c1ccccc1)c1ccccc1. The molecule has 1 nitrogen and oxygen atoms in total. The lowest BCUT2D eigenvalue weighted by Gasteiger charge is -2.32. The topological polar surface area (TPSA) is 9.23 Å². The lowest BCUT2D eigenvalue weighted by molar-refractivity contribution is 0.338. The average Bonchev–Trinajstić information content (AvgIpc) is 2.70. The molecule has 0 aromatic heterocycles. The fourth-order valence-electron chi connectivity index (χ4n) is 3.63. The molecule has 0 saturated carbocycles. The monoisotopic (exact) mass is 366 g/mol. The number of unbranched alkanes of at least 4 members (excludes halogenated alkanes) is 3. The van der Waals surface area contributed by atoms with E-state index in [9.17, 15) is 0 Å². The number of hydrogen-bond donors (Lipinski definition) is 0. The molecule has 26 heavy (non-hydrogen) atoms. The van der Waals surface area contributed by atoms with Gasteiger partial charge in [-0.1, -0.05) is 99.0 Å². The predicted molar refractivity (Wildman–Crippen MR) is 117 cm³/mol. The van der Waals surface area contributed by atoms with Crippen LogP contribution in [0.5, 0.6) is 0 Å². The van der Waals surface area contributed by atoms with E-state index in [2.05, 4.69) is 81.1 Å². The van der Waals surface area contributed by atoms with Gasteiger partial charge < -0.3 is 4.43 Å². The van der Waals surface area contributed by atoms with Crippen molar-refractivity contribution in [3.8, 4) is 0 Å². The van der Waals surface area contributed by atoms with Crippen LogP contribution in [0.1, 0.15) is 52.4 Å². The van der Waals surface area contributed by atoms with Gasteiger partial charge in [-0.05, 0) is 42.6 Å². The van der Waals surface area contributed by atoms with Crippen LogP contribution in [0, 0.1) is 0 Å². The second-order valence-corrected chi connectivity index (χ2v) is 10.7. The van der Waals surface area contributed by atoms with Crippen molar-refractivity contribution in [3.05, 3.63) is 72.8 Å². The third kappa shape index (κ3) is 5.68. The van der Waals surface area contributed by atoms with E-state index in [-0.39, 0.29) is 0 Å². The first-order valence-corrected chi connectivity index (χ1v) is 12.3. The molecular formula is C24H34OSi. The second kappa shape index (κ2) is 11.2. The number of rotatable bonds is 12. The van der Waals surface area contributed by atoms with E-state index in [0.717, 1.165) is 25.5 Å². The van der Waals surface area contributed by atoms with E-state index < -0.39 is 8.32 Å². The van der Waals surface area contributed by atoms with Crippen molar-refractivity contribution in [2.75, 3.05) is 6.61 Å². The van der Waals surface area contributed by atoms with Gasteiger partial charge in [0.05, 0.1) is 0 Å². The van der Waals surface area contributed by atoms with Crippen molar-refractivity contribution in [1.82, 2.24) is 0 Å². The van der Waals surface area contributed by atoms with Gasteiger partial charge in [-0.25, -0.2) is 0 Å². The van der Waals surface area contributed by atoms with Gasteiger partial charge in [0.2, 0.25) is 0 Å².